The highest BCUT2D eigenvalue weighted by Crippen LogP contribution is 2.21. The van der Waals surface area contributed by atoms with Crippen molar-refractivity contribution in [2.24, 2.45) is 5.84 Å². The Labute approximate surface area is 99.9 Å². The summed E-state index contributed by atoms with van der Waals surface area (Å²) in [6.07, 6.45) is 2.78. The topological polar surface area (TPSA) is 112 Å². The Morgan fingerprint density at radius 1 is 1.65 bits per heavy atom. The lowest BCUT2D eigenvalue weighted by Crippen LogP contribution is -2.29. The molecule has 3 N–H and O–H groups in total. The van der Waals surface area contributed by atoms with Crippen LogP contribution >= 0.6 is 0 Å². The number of hydrogen-bond donors (Lipinski definition) is 2. The first kappa shape index (κ1) is 13.4. The molecule has 0 aromatic carbocycles. The average Bonchev–Trinajstić information content (AvgIpc) is 2.35. The Morgan fingerprint density at radius 2 is 2.35 bits per heavy atom. The molecule has 1 heterocycles. The summed E-state index contributed by atoms with van der Waals surface area (Å²) < 4.78 is 25.3. The van der Waals surface area contributed by atoms with Crippen LogP contribution in [-0.4, -0.2) is 31.3 Å². The zero-order chi connectivity index (χ0) is 12.9. The Kier molecular flexibility index (Phi) is 4.39. The van der Waals surface area contributed by atoms with Gasteiger partial charge in [0, 0.05) is 32.4 Å². The summed E-state index contributed by atoms with van der Waals surface area (Å²) >= 11 is 0. The van der Waals surface area contributed by atoms with Gasteiger partial charge in [-0.2, -0.15) is 9.57 Å². The van der Waals surface area contributed by atoms with Crippen molar-refractivity contribution in [1.82, 2.24) is 9.29 Å². The standard InChI is InChI=1S/C9H13N5O2S/c1-14(6-2-4-10)17(15,16)9-7-12-5-3-8(9)13-11/h3,5,7H,2,6,11H2,1H3,(H,12,13). The van der Waals surface area contributed by atoms with E-state index in [4.69, 9.17) is 11.1 Å². The highest BCUT2D eigenvalue weighted by Gasteiger charge is 2.23. The fourth-order valence-electron chi connectivity index (χ4n) is 1.20. The van der Waals surface area contributed by atoms with E-state index in [1.165, 1.54) is 25.5 Å². The molecule has 0 spiro atoms. The normalized spacial score (nSPS) is 11.2. The van der Waals surface area contributed by atoms with E-state index in [0.29, 0.717) is 0 Å². The van der Waals surface area contributed by atoms with Crippen molar-refractivity contribution in [1.29, 1.82) is 5.26 Å². The predicted octanol–water partition coefficient (Wildman–Crippen LogP) is -0.0986. The van der Waals surface area contributed by atoms with Gasteiger partial charge in [-0.3, -0.25) is 10.8 Å². The quantitative estimate of drug-likeness (QED) is 0.561. The van der Waals surface area contributed by atoms with Gasteiger partial charge in [0.15, 0.2) is 0 Å². The third kappa shape index (κ3) is 2.91. The lowest BCUT2D eigenvalue weighted by Gasteiger charge is -2.17. The Hall–Kier alpha value is -1.69. The Morgan fingerprint density at radius 3 is 2.94 bits per heavy atom. The van der Waals surface area contributed by atoms with Crippen molar-refractivity contribution in [2.75, 3.05) is 19.0 Å². The average molecular weight is 255 g/mol. The second-order valence-corrected chi connectivity index (χ2v) is 5.26. The highest BCUT2D eigenvalue weighted by atomic mass is 32.2. The third-order valence-electron chi connectivity index (χ3n) is 2.17. The van der Waals surface area contributed by atoms with E-state index in [0.717, 1.165) is 4.31 Å². The third-order valence-corrected chi connectivity index (χ3v) is 4.05. The molecule has 1 rings (SSSR count). The number of nitrogens with one attached hydrogen (secondary N) is 1. The first-order valence-corrected chi connectivity index (χ1v) is 6.22. The van der Waals surface area contributed by atoms with E-state index < -0.39 is 10.0 Å². The zero-order valence-electron chi connectivity index (χ0n) is 9.29. The molecule has 1 aromatic heterocycles. The van der Waals surface area contributed by atoms with Gasteiger partial charge in [-0.1, -0.05) is 0 Å². The molecule has 8 heteroatoms. The van der Waals surface area contributed by atoms with E-state index in [9.17, 15) is 8.42 Å². The van der Waals surface area contributed by atoms with Crippen LogP contribution in [-0.2, 0) is 10.0 Å². The minimum absolute atomic E-state index is 0.0112. The molecule has 0 fully saturated rings. The smallest absolute Gasteiger partial charge is 0.246 e. The molecular formula is C9H13N5O2S. The van der Waals surface area contributed by atoms with Crippen molar-refractivity contribution in [3.05, 3.63) is 18.5 Å². The number of aromatic nitrogens is 1. The van der Waals surface area contributed by atoms with E-state index in [2.05, 4.69) is 10.4 Å². The van der Waals surface area contributed by atoms with Gasteiger partial charge in [0.05, 0.1) is 11.8 Å². The fraction of sp³-hybridized carbons (Fsp3) is 0.333. The van der Waals surface area contributed by atoms with Gasteiger partial charge in [0.25, 0.3) is 0 Å². The van der Waals surface area contributed by atoms with Crippen LogP contribution < -0.4 is 11.3 Å². The molecule has 0 saturated heterocycles. The molecule has 0 amide bonds. The zero-order valence-corrected chi connectivity index (χ0v) is 10.1. The number of hydrazine groups is 1. The van der Waals surface area contributed by atoms with Crippen LogP contribution in [0.3, 0.4) is 0 Å². The number of nitriles is 1. The van der Waals surface area contributed by atoms with Gasteiger partial charge in [-0.15, -0.1) is 0 Å². The monoisotopic (exact) mass is 255 g/mol. The van der Waals surface area contributed by atoms with E-state index >= 15 is 0 Å². The molecule has 0 aliphatic rings. The molecule has 0 radical (unpaired) electrons. The first-order valence-electron chi connectivity index (χ1n) is 4.78. The van der Waals surface area contributed by atoms with Crippen LogP contribution in [0, 0.1) is 11.3 Å². The van der Waals surface area contributed by atoms with Gasteiger partial charge < -0.3 is 5.43 Å². The number of nitrogens with two attached hydrogens (primary N) is 1. The number of hydrogen-bond acceptors (Lipinski definition) is 6. The van der Waals surface area contributed by atoms with Gasteiger partial charge in [0.1, 0.15) is 4.90 Å². The summed E-state index contributed by atoms with van der Waals surface area (Å²) in [5, 5.41) is 8.44. The molecule has 17 heavy (non-hydrogen) atoms. The van der Waals surface area contributed by atoms with Crippen LogP contribution in [0.25, 0.3) is 0 Å². The molecule has 0 saturated carbocycles. The number of sulfonamides is 1. The summed E-state index contributed by atoms with van der Waals surface area (Å²) in [5.41, 5.74) is 2.57. The van der Waals surface area contributed by atoms with Gasteiger partial charge in [0.2, 0.25) is 10.0 Å². The summed E-state index contributed by atoms with van der Waals surface area (Å²) in [6, 6.07) is 3.35. The maximum absolute atomic E-state index is 12.1. The van der Waals surface area contributed by atoms with Gasteiger partial charge in [-0.05, 0) is 6.07 Å². The van der Waals surface area contributed by atoms with E-state index in [1.54, 1.807) is 0 Å². The Bertz CT molecular complexity index is 522. The van der Waals surface area contributed by atoms with E-state index in [-0.39, 0.29) is 23.5 Å². The molecule has 0 aliphatic heterocycles. The molecule has 0 unspecified atom stereocenters. The van der Waals surface area contributed by atoms with Crippen LogP contribution in [0.1, 0.15) is 6.42 Å². The van der Waals surface area contributed by atoms with Crippen LogP contribution in [0.5, 0.6) is 0 Å². The van der Waals surface area contributed by atoms with Crippen molar-refractivity contribution >= 4 is 15.7 Å². The number of anilines is 1. The fourth-order valence-corrected chi connectivity index (χ4v) is 2.47. The van der Waals surface area contributed by atoms with Crippen LogP contribution in [0.4, 0.5) is 5.69 Å². The lowest BCUT2D eigenvalue weighted by molar-refractivity contribution is 0.476. The molecule has 0 aliphatic carbocycles. The number of pyridine rings is 1. The largest absolute Gasteiger partial charge is 0.323 e. The number of nitrogens with zero attached hydrogens (tertiary/aromatic N) is 3. The maximum atomic E-state index is 12.1. The van der Waals surface area contributed by atoms with Crippen molar-refractivity contribution in [3.8, 4) is 6.07 Å². The lowest BCUT2D eigenvalue weighted by atomic mass is 10.4. The second-order valence-electron chi connectivity index (χ2n) is 3.25. The summed E-state index contributed by atoms with van der Waals surface area (Å²) in [4.78, 5) is 3.74. The molecule has 7 nitrogen and oxygen atoms in total. The van der Waals surface area contributed by atoms with Gasteiger partial charge >= 0.3 is 0 Å². The van der Waals surface area contributed by atoms with Crippen molar-refractivity contribution in [3.63, 3.8) is 0 Å². The second kappa shape index (κ2) is 5.58. The van der Waals surface area contributed by atoms with Crippen LogP contribution in [0.2, 0.25) is 0 Å². The highest BCUT2D eigenvalue weighted by molar-refractivity contribution is 7.89. The Balaban J connectivity index is 3.09. The van der Waals surface area contributed by atoms with Crippen LogP contribution in [0.15, 0.2) is 23.4 Å². The summed E-state index contributed by atoms with van der Waals surface area (Å²) in [6.45, 7) is 0.123. The van der Waals surface area contributed by atoms with Gasteiger partial charge in [-0.25, -0.2) is 8.42 Å². The molecule has 0 atom stereocenters. The first-order chi connectivity index (χ1) is 8.04. The number of nitrogen functional groups attached to an aromatic ring is 1. The molecular weight excluding hydrogens is 242 g/mol. The predicted molar refractivity (Wildman–Crippen MR) is 62.1 cm³/mol. The van der Waals surface area contributed by atoms with Crippen molar-refractivity contribution in [2.45, 2.75) is 11.3 Å². The minimum Gasteiger partial charge on any atom is -0.323 e. The minimum atomic E-state index is -3.68. The molecule has 0 bridgehead atoms. The summed E-state index contributed by atoms with van der Waals surface area (Å²) in [5.74, 6) is 5.23. The molecule has 1 aromatic rings. The number of rotatable bonds is 5. The van der Waals surface area contributed by atoms with E-state index in [1.807, 2.05) is 6.07 Å². The SMILES string of the molecule is CN(CCC#N)S(=O)(=O)c1cnccc1NN. The van der Waals surface area contributed by atoms with Crippen molar-refractivity contribution < 1.29 is 8.42 Å². The summed E-state index contributed by atoms with van der Waals surface area (Å²) in [7, 11) is -2.27. The maximum Gasteiger partial charge on any atom is 0.246 e. The molecule has 92 valence electrons.